The summed E-state index contributed by atoms with van der Waals surface area (Å²) in [7, 11) is 1.66. The molecule has 0 fully saturated rings. The summed E-state index contributed by atoms with van der Waals surface area (Å²) in [4.78, 5) is 14.6. The number of nitrogens with one attached hydrogen (secondary N) is 1. The number of rotatable bonds is 4. The van der Waals surface area contributed by atoms with E-state index in [4.69, 9.17) is 4.74 Å². The van der Waals surface area contributed by atoms with E-state index in [-0.39, 0.29) is 11.2 Å². The summed E-state index contributed by atoms with van der Waals surface area (Å²) in [6.45, 7) is 5.84. The summed E-state index contributed by atoms with van der Waals surface area (Å²) in [6.07, 6.45) is 2.54. The van der Waals surface area contributed by atoms with Gasteiger partial charge in [0.1, 0.15) is 11.5 Å². The average molecular weight is 245 g/mol. The Morgan fingerprint density at radius 1 is 1.39 bits per heavy atom. The lowest BCUT2D eigenvalue weighted by molar-refractivity contribution is -0.118. The van der Waals surface area contributed by atoms with Crippen LogP contribution in [0.15, 0.2) is 24.4 Å². The molecule has 0 aliphatic heterocycles. The zero-order valence-electron chi connectivity index (χ0n) is 11.3. The van der Waals surface area contributed by atoms with Crippen molar-refractivity contribution in [1.29, 1.82) is 0 Å². The van der Waals surface area contributed by atoms with E-state index in [0.717, 1.165) is 16.7 Å². The van der Waals surface area contributed by atoms with Gasteiger partial charge in [0, 0.05) is 29.6 Å². The van der Waals surface area contributed by atoms with E-state index in [1.165, 1.54) is 5.56 Å². The topological polar surface area (TPSA) is 42.1 Å². The lowest BCUT2D eigenvalue weighted by Crippen LogP contribution is -2.20. The molecule has 0 aliphatic carbocycles. The standard InChI is InChI=1S/C15H19NO2/c1-10(17)8-15(2,3)13-9-16-14-7-11(18-4)5-6-12(13)14/h5-7,9,16H,8H2,1-4H3. The maximum absolute atomic E-state index is 11.4. The first-order valence-electron chi connectivity index (χ1n) is 6.09. The second-order valence-corrected chi connectivity index (χ2v) is 5.38. The first kappa shape index (κ1) is 12.7. The maximum Gasteiger partial charge on any atom is 0.130 e. The van der Waals surface area contributed by atoms with E-state index in [2.05, 4.69) is 18.8 Å². The van der Waals surface area contributed by atoms with Gasteiger partial charge in [-0.15, -0.1) is 0 Å². The molecular weight excluding hydrogens is 226 g/mol. The van der Waals surface area contributed by atoms with E-state index < -0.39 is 0 Å². The molecule has 1 N–H and O–H groups in total. The number of fused-ring (bicyclic) bond motifs is 1. The SMILES string of the molecule is COc1ccc2c(C(C)(C)CC(C)=O)c[nH]c2c1. The first-order valence-corrected chi connectivity index (χ1v) is 6.09. The number of benzene rings is 1. The molecule has 2 rings (SSSR count). The monoisotopic (exact) mass is 245 g/mol. The zero-order valence-corrected chi connectivity index (χ0v) is 11.3. The van der Waals surface area contributed by atoms with Gasteiger partial charge in [0.25, 0.3) is 0 Å². The molecule has 18 heavy (non-hydrogen) atoms. The molecule has 0 radical (unpaired) electrons. The second-order valence-electron chi connectivity index (χ2n) is 5.38. The normalized spacial score (nSPS) is 11.8. The van der Waals surface area contributed by atoms with Crippen LogP contribution in [-0.2, 0) is 10.2 Å². The van der Waals surface area contributed by atoms with E-state index in [9.17, 15) is 4.79 Å². The highest BCUT2D eigenvalue weighted by molar-refractivity contribution is 5.87. The van der Waals surface area contributed by atoms with Crippen molar-refractivity contribution in [3.05, 3.63) is 30.0 Å². The molecule has 0 saturated carbocycles. The number of aromatic amines is 1. The molecule has 1 aromatic heterocycles. The summed E-state index contributed by atoms with van der Waals surface area (Å²) in [5.41, 5.74) is 2.06. The lowest BCUT2D eigenvalue weighted by atomic mass is 9.80. The van der Waals surface area contributed by atoms with Crippen LogP contribution in [0.3, 0.4) is 0 Å². The average Bonchev–Trinajstić information content (AvgIpc) is 2.70. The first-order chi connectivity index (χ1) is 8.44. The molecular formula is C15H19NO2. The van der Waals surface area contributed by atoms with Crippen LogP contribution in [0.5, 0.6) is 5.75 Å². The van der Waals surface area contributed by atoms with Crippen LogP contribution in [0.25, 0.3) is 10.9 Å². The molecule has 0 spiro atoms. The van der Waals surface area contributed by atoms with E-state index in [1.54, 1.807) is 14.0 Å². The Bertz CT molecular complexity index is 581. The van der Waals surface area contributed by atoms with Gasteiger partial charge in [0.05, 0.1) is 7.11 Å². The molecule has 0 aliphatic rings. The Hall–Kier alpha value is -1.77. The fourth-order valence-electron chi connectivity index (χ4n) is 2.51. The van der Waals surface area contributed by atoms with Crippen LogP contribution < -0.4 is 4.74 Å². The van der Waals surface area contributed by atoms with E-state index in [1.807, 2.05) is 24.4 Å². The van der Waals surface area contributed by atoms with Crippen LogP contribution in [0.4, 0.5) is 0 Å². The van der Waals surface area contributed by atoms with Crippen molar-refractivity contribution in [3.8, 4) is 5.75 Å². The quantitative estimate of drug-likeness (QED) is 0.896. The minimum Gasteiger partial charge on any atom is -0.497 e. The number of H-pyrrole nitrogens is 1. The number of carbonyl (C=O) groups excluding carboxylic acids is 1. The Morgan fingerprint density at radius 2 is 2.11 bits per heavy atom. The third kappa shape index (κ3) is 2.26. The van der Waals surface area contributed by atoms with Crippen LogP contribution in [-0.4, -0.2) is 17.9 Å². The summed E-state index contributed by atoms with van der Waals surface area (Å²) in [6, 6.07) is 5.97. The van der Waals surface area contributed by atoms with Gasteiger partial charge in [0.2, 0.25) is 0 Å². The van der Waals surface area contributed by atoms with Gasteiger partial charge >= 0.3 is 0 Å². The Balaban J connectivity index is 2.49. The number of carbonyl (C=O) groups is 1. The van der Waals surface area contributed by atoms with Gasteiger partial charge in [-0.2, -0.15) is 0 Å². The summed E-state index contributed by atoms with van der Waals surface area (Å²) in [5.74, 6) is 1.04. The molecule has 96 valence electrons. The van der Waals surface area contributed by atoms with Crippen molar-refractivity contribution in [1.82, 2.24) is 4.98 Å². The highest BCUT2D eigenvalue weighted by Crippen LogP contribution is 2.34. The summed E-state index contributed by atoms with van der Waals surface area (Å²) >= 11 is 0. The van der Waals surface area contributed by atoms with Gasteiger partial charge in [-0.1, -0.05) is 13.8 Å². The van der Waals surface area contributed by atoms with Crippen LogP contribution in [0.1, 0.15) is 32.8 Å². The van der Waals surface area contributed by atoms with Crippen molar-refractivity contribution in [3.63, 3.8) is 0 Å². The Labute approximate surface area is 107 Å². The molecule has 3 nitrogen and oxygen atoms in total. The number of hydrogen-bond donors (Lipinski definition) is 1. The smallest absolute Gasteiger partial charge is 0.130 e. The number of hydrogen-bond acceptors (Lipinski definition) is 2. The third-order valence-corrected chi connectivity index (χ3v) is 3.31. The highest BCUT2D eigenvalue weighted by Gasteiger charge is 2.25. The zero-order chi connectivity index (χ0) is 13.3. The number of ether oxygens (including phenoxy) is 1. The summed E-state index contributed by atoms with van der Waals surface area (Å²) in [5, 5.41) is 1.15. The molecule has 0 unspecified atom stereocenters. The molecule has 0 atom stereocenters. The molecule has 2 aromatic rings. The van der Waals surface area contributed by atoms with Gasteiger partial charge in [0.15, 0.2) is 0 Å². The van der Waals surface area contributed by atoms with Crippen molar-refractivity contribution in [2.45, 2.75) is 32.6 Å². The molecule has 0 bridgehead atoms. The highest BCUT2D eigenvalue weighted by atomic mass is 16.5. The van der Waals surface area contributed by atoms with E-state index in [0.29, 0.717) is 6.42 Å². The van der Waals surface area contributed by atoms with Gasteiger partial charge in [-0.05, 0) is 30.0 Å². The van der Waals surface area contributed by atoms with Crippen LogP contribution >= 0.6 is 0 Å². The number of aromatic nitrogens is 1. The van der Waals surface area contributed by atoms with Crippen molar-refractivity contribution in [2.24, 2.45) is 0 Å². The fourth-order valence-corrected chi connectivity index (χ4v) is 2.51. The van der Waals surface area contributed by atoms with Crippen molar-refractivity contribution < 1.29 is 9.53 Å². The number of Topliss-reactive ketones (excluding diaryl/α,β-unsaturated/α-hetero) is 1. The van der Waals surface area contributed by atoms with E-state index >= 15 is 0 Å². The predicted molar refractivity (Wildman–Crippen MR) is 73.2 cm³/mol. The van der Waals surface area contributed by atoms with Gasteiger partial charge < -0.3 is 9.72 Å². The maximum atomic E-state index is 11.4. The Kier molecular flexibility index (Phi) is 3.16. The molecule has 1 heterocycles. The van der Waals surface area contributed by atoms with Gasteiger partial charge in [-0.3, -0.25) is 4.79 Å². The number of methoxy groups -OCH3 is 1. The Morgan fingerprint density at radius 3 is 2.72 bits per heavy atom. The van der Waals surface area contributed by atoms with Crippen LogP contribution in [0.2, 0.25) is 0 Å². The third-order valence-electron chi connectivity index (χ3n) is 3.31. The van der Waals surface area contributed by atoms with Gasteiger partial charge in [-0.25, -0.2) is 0 Å². The minimum atomic E-state index is -0.154. The van der Waals surface area contributed by atoms with Crippen LogP contribution in [0, 0.1) is 0 Å². The minimum absolute atomic E-state index is 0.154. The van der Waals surface area contributed by atoms with Crippen molar-refractivity contribution in [2.75, 3.05) is 7.11 Å². The molecule has 0 saturated heterocycles. The second kappa shape index (κ2) is 4.48. The number of ketones is 1. The summed E-state index contributed by atoms with van der Waals surface area (Å²) < 4.78 is 5.21. The molecule has 3 heteroatoms. The lowest BCUT2D eigenvalue weighted by Gasteiger charge is -2.22. The molecule has 0 amide bonds. The fraction of sp³-hybridized carbons (Fsp3) is 0.400. The van der Waals surface area contributed by atoms with Crippen molar-refractivity contribution >= 4 is 16.7 Å². The molecule has 1 aromatic carbocycles. The largest absolute Gasteiger partial charge is 0.497 e. The predicted octanol–water partition coefficient (Wildman–Crippen LogP) is 3.43.